The molecule has 0 amide bonds. The molecule has 2 aromatic rings. The zero-order valence-corrected chi connectivity index (χ0v) is 13.1. The monoisotopic (exact) mass is 307 g/mol. The zero-order valence-electron chi connectivity index (χ0n) is 12.3. The number of aliphatic hydroxyl groups is 1. The van der Waals surface area contributed by atoms with Crippen molar-refractivity contribution >= 4 is 17.3 Å². The normalized spacial score (nSPS) is 14.7. The molecule has 0 aliphatic rings. The average molecular weight is 307 g/mol. The van der Waals surface area contributed by atoms with Crippen molar-refractivity contribution in [2.75, 3.05) is 13.1 Å². The maximum absolute atomic E-state index is 10.5. The molecule has 2 rings (SSSR count). The molecule has 1 unspecified atom stereocenters. The first-order valence-corrected chi connectivity index (χ1v) is 7.80. The van der Waals surface area contributed by atoms with E-state index < -0.39 is 5.60 Å². The first-order valence-electron chi connectivity index (χ1n) is 6.93. The number of thiophene rings is 1. The summed E-state index contributed by atoms with van der Waals surface area (Å²) in [5.74, 6) is 1.46. The van der Waals surface area contributed by atoms with Gasteiger partial charge in [0.15, 0.2) is 5.96 Å². The van der Waals surface area contributed by atoms with Crippen molar-refractivity contribution in [1.82, 2.24) is 10.6 Å². The van der Waals surface area contributed by atoms with E-state index in [1.54, 1.807) is 24.5 Å². The summed E-state index contributed by atoms with van der Waals surface area (Å²) in [5, 5.41) is 18.8. The maximum atomic E-state index is 10.5. The van der Waals surface area contributed by atoms with Gasteiger partial charge in [-0.2, -0.15) is 0 Å². The van der Waals surface area contributed by atoms with Crippen molar-refractivity contribution in [3.63, 3.8) is 0 Å². The van der Waals surface area contributed by atoms with E-state index in [2.05, 4.69) is 15.6 Å². The van der Waals surface area contributed by atoms with Crippen LogP contribution in [0.5, 0.6) is 0 Å². The first-order chi connectivity index (χ1) is 10.1. The second-order valence-electron chi connectivity index (χ2n) is 4.88. The van der Waals surface area contributed by atoms with Crippen molar-refractivity contribution in [1.29, 1.82) is 0 Å². The maximum Gasteiger partial charge on any atom is 0.191 e. The second-order valence-corrected chi connectivity index (χ2v) is 5.83. The molecule has 1 atom stereocenters. The summed E-state index contributed by atoms with van der Waals surface area (Å²) in [6.07, 6.45) is 1.63. The Labute approximate surface area is 128 Å². The second kappa shape index (κ2) is 7.28. The van der Waals surface area contributed by atoms with E-state index in [0.717, 1.165) is 17.2 Å². The van der Waals surface area contributed by atoms with E-state index in [9.17, 15) is 5.11 Å². The summed E-state index contributed by atoms with van der Waals surface area (Å²) in [6, 6.07) is 7.59. The largest absolute Gasteiger partial charge is 0.467 e. The number of furan rings is 1. The lowest BCUT2D eigenvalue weighted by molar-refractivity contribution is 0.0655. The first kappa shape index (κ1) is 15.6. The van der Waals surface area contributed by atoms with Crippen molar-refractivity contribution < 1.29 is 9.52 Å². The highest BCUT2D eigenvalue weighted by atomic mass is 32.1. The fourth-order valence-electron chi connectivity index (χ4n) is 1.83. The van der Waals surface area contributed by atoms with Crippen LogP contribution in [0.25, 0.3) is 0 Å². The third kappa shape index (κ3) is 4.61. The van der Waals surface area contributed by atoms with Gasteiger partial charge in [-0.25, -0.2) is 4.99 Å². The number of hydrogen-bond donors (Lipinski definition) is 3. The number of nitrogens with one attached hydrogen (secondary N) is 2. The molecule has 3 N–H and O–H groups in total. The minimum Gasteiger partial charge on any atom is -0.467 e. The summed E-state index contributed by atoms with van der Waals surface area (Å²) < 4.78 is 5.26. The third-order valence-electron chi connectivity index (χ3n) is 2.97. The van der Waals surface area contributed by atoms with Crippen molar-refractivity contribution in [3.05, 3.63) is 46.5 Å². The zero-order chi connectivity index (χ0) is 15.1. The van der Waals surface area contributed by atoms with Crippen LogP contribution in [0, 0.1) is 0 Å². The van der Waals surface area contributed by atoms with Crippen LogP contribution in [0.15, 0.2) is 45.3 Å². The van der Waals surface area contributed by atoms with Crippen LogP contribution in [0.1, 0.15) is 24.5 Å². The van der Waals surface area contributed by atoms with Crippen LogP contribution in [-0.2, 0) is 12.1 Å². The Morgan fingerprint density at radius 3 is 2.86 bits per heavy atom. The van der Waals surface area contributed by atoms with Gasteiger partial charge in [0.1, 0.15) is 17.9 Å². The molecule has 114 valence electrons. The molecule has 6 heteroatoms. The molecule has 0 fully saturated rings. The number of guanidine groups is 1. The standard InChI is InChI=1S/C15H21N3O2S/c1-3-16-14(17-10-12-6-4-8-20-12)18-11-15(2,19)13-7-5-9-21-13/h4-9,19H,3,10-11H2,1-2H3,(H2,16,17,18). The highest BCUT2D eigenvalue weighted by Crippen LogP contribution is 2.24. The Morgan fingerprint density at radius 2 is 2.24 bits per heavy atom. The van der Waals surface area contributed by atoms with E-state index >= 15 is 0 Å². The fourth-order valence-corrected chi connectivity index (χ4v) is 2.62. The van der Waals surface area contributed by atoms with Gasteiger partial charge in [-0.05, 0) is 37.4 Å². The smallest absolute Gasteiger partial charge is 0.191 e. The molecule has 0 aromatic carbocycles. The Hall–Kier alpha value is -1.79. The van der Waals surface area contributed by atoms with Crippen molar-refractivity contribution in [3.8, 4) is 0 Å². The molecule has 0 saturated heterocycles. The number of rotatable bonds is 6. The average Bonchev–Trinajstić information content (AvgIpc) is 3.14. The summed E-state index contributed by atoms with van der Waals surface area (Å²) >= 11 is 1.54. The van der Waals surface area contributed by atoms with Crippen molar-refractivity contribution in [2.24, 2.45) is 4.99 Å². The van der Waals surface area contributed by atoms with Gasteiger partial charge >= 0.3 is 0 Å². The number of nitrogens with zero attached hydrogens (tertiary/aromatic N) is 1. The molecule has 0 aliphatic heterocycles. The molecule has 0 saturated carbocycles. The Morgan fingerprint density at radius 1 is 1.38 bits per heavy atom. The molecule has 0 aliphatic carbocycles. The van der Waals surface area contributed by atoms with Gasteiger partial charge in [0.2, 0.25) is 0 Å². The molecular weight excluding hydrogens is 286 g/mol. The molecule has 5 nitrogen and oxygen atoms in total. The van der Waals surface area contributed by atoms with Gasteiger partial charge in [0.05, 0.1) is 12.8 Å². The van der Waals surface area contributed by atoms with Gasteiger partial charge in [-0.1, -0.05) is 6.07 Å². The summed E-state index contributed by atoms with van der Waals surface area (Å²) in [4.78, 5) is 5.36. The summed E-state index contributed by atoms with van der Waals surface area (Å²) in [6.45, 7) is 5.40. The van der Waals surface area contributed by atoms with E-state index in [1.165, 1.54) is 0 Å². The molecule has 2 heterocycles. The van der Waals surface area contributed by atoms with Crippen LogP contribution in [0.2, 0.25) is 0 Å². The van der Waals surface area contributed by atoms with Crippen LogP contribution in [0.4, 0.5) is 0 Å². The quantitative estimate of drug-likeness (QED) is 0.566. The van der Waals surface area contributed by atoms with E-state index in [4.69, 9.17) is 4.42 Å². The number of aliphatic imine (C=N–C) groups is 1. The van der Waals surface area contributed by atoms with Gasteiger partial charge < -0.3 is 20.2 Å². The topological polar surface area (TPSA) is 69.8 Å². The van der Waals surface area contributed by atoms with Crippen LogP contribution in [0.3, 0.4) is 0 Å². The lowest BCUT2D eigenvalue weighted by Gasteiger charge is -2.23. The minimum absolute atomic E-state index is 0.386. The van der Waals surface area contributed by atoms with Crippen LogP contribution < -0.4 is 10.6 Å². The van der Waals surface area contributed by atoms with E-state index in [1.807, 2.05) is 36.6 Å². The Bertz CT molecular complexity index is 548. The Kier molecular flexibility index (Phi) is 5.41. The van der Waals surface area contributed by atoms with Crippen molar-refractivity contribution in [2.45, 2.75) is 26.0 Å². The highest BCUT2D eigenvalue weighted by molar-refractivity contribution is 7.10. The van der Waals surface area contributed by atoms with Gasteiger partial charge in [-0.15, -0.1) is 11.3 Å². The lowest BCUT2D eigenvalue weighted by Crippen LogP contribution is -2.44. The molecule has 0 spiro atoms. The molecule has 0 bridgehead atoms. The summed E-state index contributed by atoms with van der Waals surface area (Å²) in [7, 11) is 0. The lowest BCUT2D eigenvalue weighted by atomic mass is 10.1. The highest BCUT2D eigenvalue weighted by Gasteiger charge is 2.24. The molecule has 0 radical (unpaired) electrons. The molecule has 2 aromatic heterocycles. The number of hydrogen-bond acceptors (Lipinski definition) is 4. The molecular formula is C15H21N3O2S. The van der Waals surface area contributed by atoms with E-state index in [0.29, 0.717) is 19.0 Å². The predicted molar refractivity (Wildman–Crippen MR) is 85.4 cm³/mol. The van der Waals surface area contributed by atoms with Gasteiger partial charge in [-0.3, -0.25) is 0 Å². The predicted octanol–water partition coefficient (Wildman–Crippen LogP) is 2.30. The van der Waals surface area contributed by atoms with Crippen LogP contribution >= 0.6 is 11.3 Å². The van der Waals surface area contributed by atoms with Gasteiger partial charge in [0, 0.05) is 11.4 Å². The SMILES string of the molecule is CCNC(=NCc1ccco1)NCC(C)(O)c1cccs1. The fraction of sp³-hybridized carbons (Fsp3) is 0.400. The van der Waals surface area contributed by atoms with Gasteiger partial charge in [0.25, 0.3) is 0 Å². The molecule has 21 heavy (non-hydrogen) atoms. The van der Waals surface area contributed by atoms with Crippen LogP contribution in [-0.4, -0.2) is 24.2 Å². The Balaban J connectivity index is 1.95. The third-order valence-corrected chi connectivity index (χ3v) is 4.09. The minimum atomic E-state index is -0.922. The summed E-state index contributed by atoms with van der Waals surface area (Å²) in [5.41, 5.74) is -0.922. The van der Waals surface area contributed by atoms with E-state index in [-0.39, 0.29) is 0 Å².